The molecule has 2 heterocycles. The summed E-state index contributed by atoms with van der Waals surface area (Å²) in [6.45, 7) is 0.638. The third-order valence-corrected chi connectivity index (χ3v) is 3.10. The Labute approximate surface area is 92.8 Å². The standard InChI is InChI=1S/C12H12N2O2/c1-14-10(6-13-12(14)15)9-7-16-11-5-3-2-4-8(9)11/h2-5,7,10H,6H2,1H3,(H,13,15). The summed E-state index contributed by atoms with van der Waals surface area (Å²) in [5, 5.41) is 3.90. The molecular formula is C12H12N2O2. The maximum atomic E-state index is 11.4. The number of nitrogens with zero attached hydrogens (tertiary/aromatic N) is 1. The van der Waals surface area contributed by atoms with Crippen LogP contribution in [0.5, 0.6) is 0 Å². The van der Waals surface area contributed by atoms with Crippen molar-refractivity contribution in [2.45, 2.75) is 6.04 Å². The first kappa shape index (κ1) is 9.27. The van der Waals surface area contributed by atoms with Crippen LogP contribution in [0.3, 0.4) is 0 Å². The number of nitrogens with one attached hydrogen (secondary N) is 1. The van der Waals surface area contributed by atoms with Crippen LogP contribution in [0, 0.1) is 0 Å². The van der Waals surface area contributed by atoms with Crippen LogP contribution in [-0.4, -0.2) is 24.5 Å². The second-order valence-electron chi connectivity index (χ2n) is 4.00. The Morgan fingerprint density at radius 3 is 3.00 bits per heavy atom. The van der Waals surface area contributed by atoms with Gasteiger partial charge in [-0.2, -0.15) is 0 Å². The van der Waals surface area contributed by atoms with Gasteiger partial charge in [0.05, 0.1) is 12.3 Å². The molecule has 3 rings (SSSR count). The number of carbonyl (C=O) groups is 1. The van der Waals surface area contributed by atoms with E-state index in [2.05, 4.69) is 5.32 Å². The summed E-state index contributed by atoms with van der Waals surface area (Å²) in [6.07, 6.45) is 1.74. The highest BCUT2D eigenvalue weighted by molar-refractivity contribution is 5.84. The van der Waals surface area contributed by atoms with E-state index in [4.69, 9.17) is 4.42 Å². The molecule has 0 spiro atoms. The largest absolute Gasteiger partial charge is 0.464 e. The van der Waals surface area contributed by atoms with E-state index in [1.54, 1.807) is 18.2 Å². The van der Waals surface area contributed by atoms with Crippen LogP contribution in [0.2, 0.25) is 0 Å². The van der Waals surface area contributed by atoms with Gasteiger partial charge in [0.25, 0.3) is 0 Å². The van der Waals surface area contributed by atoms with Gasteiger partial charge in [-0.1, -0.05) is 18.2 Å². The zero-order valence-corrected chi connectivity index (χ0v) is 8.93. The van der Waals surface area contributed by atoms with Crippen LogP contribution in [-0.2, 0) is 0 Å². The molecule has 1 aromatic carbocycles. The zero-order chi connectivity index (χ0) is 11.1. The van der Waals surface area contributed by atoms with Gasteiger partial charge in [-0.15, -0.1) is 0 Å². The molecule has 1 N–H and O–H groups in total. The lowest BCUT2D eigenvalue weighted by atomic mass is 10.1. The second kappa shape index (κ2) is 3.27. The Bertz CT molecular complexity index is 547. The number of urea groups is 1. The summed E-state index contributed by atoms with van der Waals surface area (Å²) >= 11 is 0. The van der Waals surface area contributed by atoms with Gasteiger partial charge >= 0.3 is 6.03 Å². The molecule has 0 bridgehead atoms. The van der Waals surface area contributed by atoms with Crippen molar-refractivity contribution in [2.24, 2.45) is 0 Å². The van der Waals surface area contributed by atoms with E-state index < -0.39 is 0 Å². The van der Waals surface area contributed by atoms with E-state index in [0.29, 0.717) is 6.54 Å². The number of carbonyl (C=O) groups excluding carboxylic acids is 1. The highest BCUT2D eigenvalue weighted by Crippen LogP contribution is 2.30. The zero-order valence-electron chi connectivity index (χ0n) is 8.93. The Kier molecular flexibility index (Phi) is 1.89. The average Bonchev–Trinajstić information content (AvgIpc) is 2.85. The summed E-state index contributed by atoms with van der Waals surface area (Å²) in [7, 11) is 1.80. The van der Waals surface area contributed by atoms with E-state index in [9.17, 15) is 4.79 Å². The number of hydrogen-bond donors (Lipinski definition) is 1. The second-order valence-corrected chi connectivity index (χ2v) is 4.00. The Hall–Kier alpha value is -1.97. The van der Waals surface area contributed by atoms with Gasteiger partial charge in [-0.25, -0.2) is 4.79 Å². The van der Waals surface area contributed by atoms with Gasteiger partial charge in [-0.3, -0.25) is 0 Å². The summed E-state index contributed by atoms with van der Waals surface area (Å²) in [6, 6.07) is 7.91. The summed E-state index contributed by atoms with van der Waals surface area (Å²) in [4.78, 5) is 13.1. The SMILES string of the molecule is CN1C(=O)NCC1c1coc2ccccc12. The highest BCUT2D eigenvalue weighted by atomic mass is 16.3. The lowest BCUT2D eigenvalue weighted by Crippen LogP contribution is -2.25. The molecule has 1 fully saturated rings. The van der Waals surface area contributed by atoms with Crippen LogP contribution >= 0.6 is 0 Å². The molecule has 0 radical (unpaired) electrons. The molecule has 16 heavy (non-hydrogen) atoms. The normalized spacial score (nSPS) is 20.4. The van der Waals surface area contributed by atoms with E-state index in [1.165, 1.54) is 0 Å². The van der Waals surface area contributed by atoms with Gasteiger partial charge in [-0.05, 0) is 6.07 Å². The number of hydrogen-bond acceptors (Lipinski definition) is 2. The minimum atomic E-state index is -0.0321. The molecule has 0 aliphatic carbocycles. The fraction of sp³-hybridized carbons (Fsp3) is 0.250. The molecule has 82 valence electrons. The summed E-state index contributed by atoms with van der Waals surface area (Å²) in [5.74, 6) is 0. The fourth-order valence-electron chi connectivity index (χ4n) is 2.16. The van der Waals surface area contributed by atoms with Crippen LogP contribution in [0.25, 0.3) is 11.0 Å². The molecule has 2 amide bonds. The minimum Gasteiger partial charge on any atom is -0.464 e. The van der Waals surface area contributed by atoms with Gasteiger partial charge in [0.15, 0.2) is 0 Å². The van der Waals surface area contributed by atoms with E-state index in [-0.39, 0.29) is 12.1 Å². The lowest BCUT2D eigenvalue weighted by Gasteiger charge is -2.16. The molecule has 1 aliphatic rings. The predicted octanol–water partition coefficient (Wildman–Crippen LogP) is 2.13. The van der Waals surface area contributed by atoms with Crippen molar-refractivity contribution in [3.8, 4) is 0 Å². The summed E-state index contributed by atoms with van der Waals surface area (Å²) < 4.78 is 5.48. The molecule has 1 atom stereocenters. The van der Waals surface area contributed by atoms with Gasteiger partial charge in [0, 0.05) is 24.5 Å². The fourth-order valence-corrected chi connectivity index (χ4v) is 2.16. The smallest absolute Gasteiger partial charge is 0.317 e. The van der Waals surface area contributed by atoms with Crippen LogP contribution in [0.15, 0.2) is 34.9 Å². The third-order valence-electron chi connectivity index (χ3n) is 3.10. The van der Waals surface area contributed by atoms with Gasteiger partial charge in [0.2, 0.25) is 0 Å². The average molecular weight is 216 g/mol. The van der Waals surface area contributed by atoms with Crippen LogP contribution in [0.4, 0.5) is 4.79 Å². The number of amides is 2. The minimum absolute atomic E-state index is 0.0321. The number of furan rings is 1. The first-order valence-electron chi connectivity index (χ1n) is 5.24. The van der Waals surface area contributed by atoms with Crippen molar-refractivity contribution in [1.29, 1.82) is 0 Å². The van der Waals surface area contributed by atoms with Crippen molar-refractivity contribution in [1.82, 2.24) is 10.2 Å². The van der Waals surface area contributed by atoms with Crippen molar-refractivity contribution in [3.63, 3.8) is 0 Å². The monoisotopic (exact) mass is 216 g/mol. The first-order valence-corrected chi connectivity index (χ1v) is 5.24. The number of likely N-dealkylation sites (N-methyl/N-ethyl adjacent to an activating group) is 1. The molecule has 2 aromatic rings. The van der Waals surface area contributed by atoms with E-state index >= 15 is 0 Å². The first-order chi connectivity index (χ1) is 7.77. The van der Waals surface area contributed by atoms with Crippen LogP contribution in [0.1, 0.15) is 11.6 Å². The Balaban J connectivity index is 2.09. The molecular weight excluding hydrogens is 204 g/mol. The quantitative estimate of drug-likeness (QED) is 0.793. The van der Waals surface area contributed by atoms with E-state index in [0.717, 1.165) is 16.5 Å². The summed E-state index contributed by atoms with van der Waals surface area (Å²) in [5.41, 5.74) is 1.93. The number of rotatable bonds is 1. The maximum absolute atomic E-state index is 11.4. The molecule has 1 aromatic heterocycles. The molecule has 0 saturated carbocycles. The third kappa shape index (κ3) is 1.19. The molecule has 1 aliphatic heterocycles. The molecule has 1 saturated heterocycles. The molecule has 4 heteroatoms. The molecule has 1 unspecified atom stereocenters. The number of fused-ring (bicyclic) bond motifs is 1. The topological polar surface area (TPSA) is 45.5 Å². The number of para-hydroxylation sites is 1. The van der Waals surface area contributed by atoms with Crippen molar-refractivity contribution < 1.29 is 9.21 Å². The Morgan fingerprint density at radius 2 is 2.25 bits per heavy atom. The lowest BCUT2D eigenvalue weighted by molar-refractivity contribution is 0.217. The van der Waals surface area contributed by atoms with Gasteiger partial charge < -0.3 is 14.6 Å². The van der Waals surface area contributed by atoms with Crippen molar-refractivity contribution >= 4 is 17.0 Å². The highest BCUT2D eigenvalue weighted by Gasteiger charge is 2.30. The Morgan fingerprint density at radius 1 is 1.44 bits per heavy atom. The van der Waals surface area contributed by atoms with E-state index in [1.807, 2.05) is 24.3 Å². The van der Waals surface area contributed by atoms with Crippen molar-refractivity contribution in [3.05, 3.63) is 36.1 Å². The predicted molar refractivity (Wildman–Crippen MR) is 60.1 cm³/mol. The molecule has 4 nitrogen and oxygen atoms in total. The maximum Gasteiger partial charge on any atom is 0.317 e. The van der Waals surface area contributed by atoms with Crippen molar-refractivity contribution in [2.75, 3.05) is 13.6 Å². The van der Waals surface area contributed by atoms with Crippen LogP contribution < -0.4 is 5.32 Å². The number of benzene rings is 1. The van der Waals surface area contributed by atoms with Gasteiger partial charge in [0.1, 0.15) is 5.58 Å².